The number of aromatic nitrogens is 2. The lowest BCUT2D eigenvalue weighted by Crippen LogP contribution is -2.40. The number of hydrogen-bond acceptors (Lipinski definition) is 8. The van der Waals surface area contributed by atoms with Gasteiger partial charge in [-0.1, -0.05) is 30.3 Å². The molecule has 0 radical (unpaired) electrons. The van der Waals surface area contributed by atoms with Crippen LogP contribution in [0.1, 0.15) is 13.3 Å². The van der Waals surface area contributed by atoms with Crippen LogP contribution in [0.4, 0.5) is 10.2 Å². The summed E-state index contributed by atoms with van der Waals surface area (Å²) in [6.45, 7) is 5.00. The van der Waals surface area contributed by atoms with E-state index in [1.54, 1.807) is 37.3 Å². The number of nitrogens with zero attached hydrogens (tertiary/aromatic N) is 3. The van der Waals surface area contributed by atoms with Gasteiger partial charge in [0.2, 0.25) is 0 Å². The van der Waals surface area contributed by atoms with E-state index in [4.69, 9.17) is 5.14 Å². The van der Waals surface area contributed by atoms with Crippen LogP contribution in [0.5, 0.6) is 0 Å². The predicted octanol–water partition coefficient (Wildman–Crippen LogP) is 1.91. The highest BCUT2D eigenvalue weighted by Crippen LogP contribution is 2.33. The van der Waals surface area contributed by atoms with Crippen molar-refractivity contribution in [2.45, 2.75) is 31.6 Å². The molecule has 0 bridgehead atoms. The maximum atomic E-state index is 14.3. The molecule has 0 unspecified atom stereocenters. The maximum absolute atomic E-state index is 14.3. The molecule has 1 fully saturated rings. The van der Waals surface area contributed by atoms with Gasteiger partial charge in [-0.15, -0.1) is 0 Å². The first-order chi connectivity index (χ1) is 16.6. The molecule has 12 heteroatoms. The zero-order chi connectivity index (χ0) is 25.3. The van der Waals surface area contributed by atoms with E-state index in [1.165, 1.54) is 10.7 Å². The minimum Gasteiger partial charge on any atom is -0.390 e. The van der Waals surface area contributed by atoms with Crippen molar-refractivity contribution >= 4 is 39.4 Å². The van der Waals surface area contributed by atoms with Crippen LogP contribution in [0.25, 0.3) is 27.9 Å². The van der Waals surface area contributed by atoms with Gasteiger partial charge >= 0.3 is 10.3 Å². The Balaban J connectivity index is 1.62. The third-order valence-electron chi connectivity index (χ3n) is 6.08. The van der Waals surface area contributed by atoms with Gasteiger partial charge in [0.15, 0.2) is 5.82 Å². The molecule has 10 nitrogen and oxygen atoms in total. The average Bonchev–Trinajstić information content (AvgIpc) is 3.37. The van der Waals surface area contributed by atoms with Gasteiger partial charge in [0.05, 0.1) is 24.4 Å². The quantitative estimate of drug-likeness (QED) is 0.343. The Morgan fingerprint density at radius 1 is 1.31 bits per heavy atom. The molecule has 1 saturated carbocycles. The fourth-order valence-corrected chi connectivity index (χ4v) is 4.72. The van der Waals surface area contributed by atoms with Gasteiger partial charge < -0.3 is 15.5 Å². The summed E-state index contributed by atoms with van der Waals surface area (Å²) in [4.78, 5) is 4.05. The molecular weight excluding hydrogens is 477 g/mol. The van der Waals surface area contributed by atoms with E-state index >= 15 is 0 Å². The highest BCUT2D eigenvalue weighted by Gasteiger charge is 2.42. The molecule has 4 atom stereocenters. The van der Waals surface area contributed by atoms with E-state index in [0.717, 1.165) is 0 Å². The largest absolute Gasteiger partial charge is 0.390 e. The molecule has 186 valence electrons. The van der Waals surface area contributed by atoms with Crippen molar-refractivity contribution in [3.63, 3.8) is 0 Å². The van der Waals surface area contributed by atoms with Gasteiger partial charge in [-0.25, -0.2) is 14.5 Å². The van der Waals surface area contributed by atoms with Crippen LogP contribution in [0.3, 0.4) is 0 Å². The van der Waals surface area contributed by atoms with Crippen molar-refractivity contribution in [2.75, 3.05) is 6.61 Å². The van der Waals surface area contributed by atoms with Crippen molar-refractivity contribution in [1.29, 1.82) is 0 Å². The predicted molar refractivity (Wildman–Crippen MR) is 130 cm³/mol. The van der Waals surface area contributed by atoms with E-state index in [2.05, 4.69) is 26.3 Å². The molecule has 1 heterocycles. The number of aliphatic hydroxyl groups is 2. The molecule has 1 aliphatic rings. The number of allylic oxidation sites excluding steroid dienone is 1. The van der Waals surface area contributed by atoms with E-state index in [1.807, 2.05) is 12.1 Å². The Hall–Kier alpha value is -3.16. The molecule has 2 aromatic carbocycles. The summed E-state index contributed by atoms with van der Waals surface area (Å²) in [5, 5.41) is 34.7. The van der Waals surface area contributed by atoms with Gasteiger partial charge in [0, 0.05) is 22.9 Å². The number of nitrogens with one attached hydrogen (secondary N) is 1. The summed E-state index contributed by atoms with van der Waals surface area (Å²) in [6, 6.07) is 11.2. The van der Waals surface area contributed by atoms with Crippen LogP contribution < -0.4 is 10.5 Å². The number of benzene rings is 2. The first-order valence-corrected chi connectivity index (χ1v) is 12.3. The summed E-state index contributed by atoms with van der Waals surface area (Å²) >= 11 is 0. The summed E-state index contributed by atoms with van der Waals surface area (Å²) in [7, 11) is -4.17. The topological polar surface area (TPSA) is 152 Å². The number of aliphatic hydroxyl groups excluding tert-OH is 2. The number of hydrogen-bond donors (Lipinski definition) is 4. The standard InChI is InChI=1S/C23H26FN5O5S/c1-3-20(27-19-10-13(22(30)23(19)31)12-34-35(25,32)33)29-21(26-2)11-18(28-29)16-8-4-7-15-14(16)6-5-9-17(15)24/h3-9,11,13,19,22-23,27,30-31H,2,10,12H2,1H3,(H2,25,32,33)/b20-3-/t13-,19-,22-,23+/m1/s1. The number of halogens is 1. The second kappa shape index (κ2) is 9.84. The minimum atomic E-state index is -4.17. The molecule has 0 aliphatic heterocycles. The van der Waals surface area contributed by atoms with Crippen LogP contribution >= 0.6 is 0 Å². The molecule has 0 saturated heterocycles. The smallest absolute Gasteiger partial charge is 0.333 e. The fraction of sp³-hybridized carbons (Fsp3) is 0.304. The Morgan fingerprint density at radius 2 is 2.03 bits per heavy atom. The molecule has 0 spiro atoms. The SMILES string of the molecule is C=Nc1cc(-c2cccc3c(F)cccc23)nn1/C(=C\C)N[C@@H]1C[C@H](COS(N)(=O)=O)[C@@H](O)[C@H]1O. The molecule has 3 aromatic rings. The van der Waals surface area contributed by atoms with Gasteiger partial charge in [-0.05, 0) is 37.6 Å². The van der Waals surface area contributed by atoms with E-state index in [9.17, 15) is 23.0 Å². The third-order valence-corrected chi connectivity index (χ3v) is 6.55. The van der Waals surface area contributed by atoms with Crippen LogP contribution in [0.2, 0.25) is 0 Å². The van der Waals surface area contributed by atoms with Crippen molar-refractivity contribution in [1.82, 2.24) is 15.1 Å². The molecule has 5 N–H and O–H groups in total. The van der Waals surface area contributed by atoms with E-state index in [0.29, 0.717) is 33.7 Å². The molecule has 1 aliphatic carbocycles. The second-order valence-electron chi connectivity index (χ2n) is 8.28. The summed E-state index contributed by atoms with van der Waals surface area (Å²) < 4.78 is 42.6. The zero-order valence-corrected chi connectivity index (χ0v) is 19.7. The Morgan fingerprint density at radius 3 is 2.71 bits per heavy atom. The Labute approximate surface area is 201 Å². The Kier molecular flexibility index (Phi) is 7.01. The van der Waals surface area contributed by atoms with Crippen molar-refractivity contribution in [3.8, 4) is 11.3 Å². The van der Waals surface area contributed by atoms with Crippen molar-refractivity contribution < 1.29 is 27.2 Å². The highest BCUT2D eigenvalue weighted by molar-refractivity contribution is 7.84. The van der Waals surface area contributed by atoms with Crippen LogP contribution in [-0.2, 0) is 14.5 Å². The third kappa shape index (κ3) is 5.11. The maximum Gasteiger partial charge on any atom is 0.333 e. The second-order valence-corrected chi connectivity index (χ2v) is 9.50. The molecule has 35 heavy (non-hydrogen) atoms. The lowest BCUT2D eigenvalue weighted by molar-refractivity contribution is 0.00412. The summed E-state index contributed by atoms with van der Waals surface area (Å²) in [6.07, 6.45) is -0.497. The number of nitrogens with two attached hydrogens (primary N) is 1. The number of fused-ring (bicyclic) bond motifs is 1. The normalized spacial score (nSPS) is 23.1. The minimum absolute atomic E-state index is 0.211. The Bertz CT molecular complexity index is 1390. The molecule has 1 aromatic heterocycles. The zero-order valence-electron chi connectivity index (χ0n) is 18.9. The molecule has 4 rings (SSSR count). The molecular formula is C23H26FN5O5S. The van der Waals surface area contributed by atoms with E-state index in [-0.39, 0.29) is 18.8 Å². The molecule has 0 amide bonds. The number of aliphatic imine (C=N–C) groups is 1. The monoisotopic (exact) mass is 503 g/mol. The van der Waals surface area contributed by atoms with Crippen molar-refractivity contribution in [2.24, 2.45) is 16.0 Å². The lowest BCUT2D eigenvalue weighted by atomic mass is 10.0. The van der Waals surface area contributed by atoms with Gasteiger partial charge in [0.25, 0.3) is 0 Å². The lowest BCUT2D eigenvalue weighted by Gasteiger charge is -2.21. The first kappa shape index (κ1) is 24.9. The van der Waals surface area contributed by atoms with E-state index < -0.39 is 34.5 Å². The van der Waals surface area contributed by atoms with Gasteiger partial charge in [0.1, 0.15) is 17.7 Å². The average molecular weight is 504 g/mol. The first-order valence-electron chi connectivity index (χ1n) is 10.8. The summed E-state index contributed by atoms with van der Waals surface area (Å²) in [5.74, 6) is -0.142. The van der Waals surface area contributed by atoms with Crippen LogP contribution in [0.15, 0.2) is 53.5 Å². The van der Waals surface area contributed by atoms with Gasteiger partial charge in [-0.3, -0.25) is 4.18 Å². The van der Waals surface area contributed by atoms with Crippen molar-refractivity contribution in [3.05, 3.63) is 54.4 Å². The summed E-state index contributed by atoms with van der Waals surface area (Å²) in [5.41, 5.74) is 1.24. The highest BCUT2D eigenvalue weighted by atomic mass is 32.2. The van der Waals surface area contributed by atoms with Crippen LogP contribution in [0, 0.1) is 11.7 Å². The fourth-order valence-electron chi connectivity index (χ4n) is 4.36. The number of rotatable bonds is 8. The van der Waals surface area contributed by atoms with Crippen LogP contribution in [-0.4, -0.2) is 60.0 Å². The van der Waals surface area contributed by atoms with Gasteiger partial charge in [-0.2, -0.15) is 18.2 Å².